The highest BCUT2D eigenvalue weighted by Crippen LogP contribution is 2.32. The van der Waals surface area contributed by atoms with Gasteiger partial charge in [0.15, 0.2) is 12.6 Å². The largest absolute Gasteiger partial charge is 0.320 e. The first-order chi connectivity index (χ1) is 9.26. The topological polar surface area (TPSA) is 42.2 Å². The maximum atomic E-state index is 8.77. The highest BCUT2D eigenvalue weighted by atomic mass is 16.9. The van der Waals surface area contributed by atoms with Crippen molar-refractivity contribution in [1.29, 1.82) is 5.26 Å². The Labute approximate surface area is 112 Å². The van der Waals surface area contributed by atoms with Crippen molar-refractivity contribution in [1.82, 2.24) is 0 Å². The molecule has 0 spiro atoms. The van der Waals surface area contributed by atoms with Crippen molar-refractivity contribution in [2.75, 3.05) is 0 Å². The van der Waals surface area contributed by atoms with Gasteiger partial charge in [-0.05, 0) is 30.2 Å². The first kappa shape index (κ1) is 11.9. The SMILES string of the molecule is CC1OC(c2ccc(-c3ccc(C#N)cc3)cc2)O1. The van der Waals surface area contributed by atoms with E-state index in [0.29, 0.717) is 5.56 Å². The zero-order valence-electron chi connectivity index (χ0n) is 10.5. The molecule has 2 aromatic rings. The van der Waals surface area contributed by atoms with E-state index in [9.17, 15) is 0 Å². The molecule has 1 saturated heterocycles. The van der Waals surface area contributed by atoms with Gasteiger partial charge in [-0.15, -0.1) is 0 Å². The molecule has 2 aromatic carbocycles. The van der Waals surface area contributed by atoms with Gasteiger partial charge in [-0.1, -0.05) is 36.4 Å². The Bertz CT molecular complexity index is 605. The number of benzene rings is 2. The predicted molar refractivity (Wildman–Crippen MR) is 71.0 cm³/mol. The molecule has 1 aliphatic heterocycles. The Kier molecular flexibility index (Phi) is 3.04. The molecule has 0 amide bonds. The van der Waals surface area contributed by atoms with E-state index in [4.69, 9.17) is 14.7 Å². The lowest BCUT2D eigenvalue weighted by molar-refractivity contribution is -0.382. The summed E-state index contributed by atoms with van der Waals surface area (Å²) < 4.78 is 10.9. The predicted octanol–water partition coefficient (Wildman–Crippen LogP) is 3.62. The fourth-order valence-corrected chi connectivity index (χ4v) is 2.09. The number of hydrogen-bond acceptors (Lipinski definition) is 3. The molecule has 3 nitrogen and oxygen atoms in total. The monoisotopic (exact) mass is 251 g/mol. The van der Waals surface area contributed by atoms with Crippen LogP contribution in [0.5, 0.6) is 0 Å². The molecule has 0 atom stereocenters. The van der Waals surface area contributed by atoms with Gasteiger partial charge >= 0.3 is 0 Å². The van der Waals surface area contributed by atoms with Gasteiger partial charge in [0, 0.05) is 5.56 Å². The first-order valence-electron chi connectivity index (χ1n) is 6.18. The van der Waals surface area contributed by atoms with E-state index >= 15 is 0 Å². The third-order valence-electron chi connectivity index (χ3n) is 3.16. The van der Waals surface area contributed by atoms with Crippen LogP contribution in [0.1, 0.15) is 24.3 Å². The normalized spacial score (nSPS) is 21.5. The Morgan fingerprint density at radius 1 is 0.895 bits per heavy atom. The van der Waals surface area contributed by atoms with E-state index in [1.54, 1.807) is 0 Å². The molecule has 0 saturated carbocycles. The van der Waals surface area contributed by atoms with Crippen LogP contribution in [0, 0.1) is 11.3 Å². The number of ether oxygens (including phenoxy) is 2. The van der Waals surface area contributed by atoms with E-state index in [2.05, 4.69) is 6.07 Å². The van der Waals surface area contributed by atoms with E-state index in [0.717, 1.165) is 16.7 Å². The second kappa shape index (κ2) is 4.85. The number of hydrogen-bond donors (Lipinski definition) is 0. The average Bonchev–Trinajstić information content (AvgIpc) is 2.44. The summed E-state index contributed by atoms with van der Waals surface area (Å²) >= 11 is 0. The van der Waals surface area contributed by atoms with Crippen LogP contribution in [-0.4, -0.2) is 6.29 Å². The van der Waals surface area contributed by atoms with Crippen LogP contribution in [0.2, 0.25) is 0 Å². The summed E-state index contributed by atoms with van der Waals surface area (Å²) in [4.78, 5) is 0. The minimum atomic E-state index is -0.231. The molecule has 0 radical (unpaired) electrons. The van der Waals surface area contributed by atoms with Crippen LogP contribution in [0.15, 0.2) is 48.5 Å². The van der Waals surface area contributed by atoms with Gasteiger partial charge in [0.1, 0.15) is 0 Å². The average molecular weight is 251 g/mol. The first-order valence-corrected chi connectivity index (χ1v) is 6.18. The smallest absolute Gasteiger partial charge is 0.189 e. The Morgan fingerprint density at radius 3 is 1.89 bits per heavy atom. The lowest BCUT2D eigenvalue weighted by atomic mass is 10.0. The van der Waals surface area contributed by atoms with Gasteiger partial charge in [-0.3, -0.25) is 0 Å². The van der Waals surface area contributed by atoms with Crippen molar-refractivity contribution >= 4 is 0 Å². The molecule has 0 aliphatic carbocycles. The molecule has 0 aromatic heterocycles. The van der Waals surface area contributed by atoms with E-state index in [-0.39, 0.29) is 12.6 Å². The quantitative estimate of drug-likeness (QED) is 0.818. The van der Waals surface area contributed by atoms with Gasteiger partial charge in [0.25, 0.3) is 0 Å². The van der Waals surface area contributed by atoms with Gasteiger partial charge in [0.2, 0.25) is 0 Å². The number of nitriles is 1. The van der Waals surface area contributed by atoms with Gasteiger partial charge in [-0.25, -0.2) is 0 Å². The number of nitrogens with zero attached hydrogens (tertiary/aromatic N) is 1. The van der Waals surface area contributed by atoms with Crippen molar-refractivity contribution < 1.29 is 9.47 Å². The van der Waals surface area contributed by atoms with Crippen molar-refractivity contribution in [2.45, 2.75) is 19.5 Å². The second-order valence-electron chi connectivity index (χ2n) is 4.48. The van der Waals surface area contributed by atoms with Crippen LogP contribution < -0.4 is 0 Å². The standard InChI is InChI=1S/C16H13NO2/c1-11-18-16(19-11)15-8-6-14(7-9-15)13-4-2-12(10-17)3-5-13/h2-9,11,16H,1H3. The fourth-order valence-electron chi connectivity index (χ4n) is 2.09. The second-order valence-corrected chi connectivity index (χ2v) is 4.48. The molecular formula is C16H13NO2. The molecule has 94 valence electrons. The molecule has 1 aliphatic rings. The van der Waals surface area contributed by atoms with E-state index in [1.165, 1.54) is 0 Å². The summed E-state index contributed by atoms with van der Waals surface area (Å²) in [7, 11) is 0. The van der Waals surface area contributed by atoms with Crippen molar-refractivity contribution in [2.24, 2.45) is 0 Å². The van der Waals surface area contributed by atoms with Crippen LogP contribution in [0.25, 0.3) is 11.1 Å². The third-order valence-corrected chi connectivity index (χ3v) is 3.16. The maximum absolute atomic E-state index is 8.77. The fraction of sp³-hybridized carbons (Fsp3) is 0.188. The molecule has 1 fully saturated rings. The molecular weight excluding hydrogens is 238 g/mol. The Balaban J connectivity index is 1.80. The van der Waals surface area contributed by atoms with E-state index < -0.39 is 0 Å². The minimum Gasteiger partial charge on any atom is -0.320 e. The molecule has 3 rings (SSSR count). The lowest BCUT2D eigenvalue weighted by Gasteiger charge is -2.33. The van der Waals surface area contributed by atoms with Gasteiger partial charge in [0.05, 0.1) is 11.6 Å². The number of rotatable bonds is 2. The van der Waals surface area contributed by atoms with Gasteiger partial charge < -0.3 is 9.47 Å². The van der Waals surface area contributed by atoms with Crippen molar-refractivity contribution in [3.05, 3.63) is 59.7 Å². The van der Waals surface area contributed by atoms with Crippen LogP contribution in [0.4, 0.5) is 0 Å². The molecule has 1 heterocycles. The minimum absolute atomic E-state index is 0.108. The maximum Gasteiger partial charge on any atom is 0.189 e. The molecule has 0 unspecified atom stereocenters. The Hall–Kier alpha value is -2.15. The van der Waals surface area contributed by atoms with Crippen molar-refractivity contribution in [3.63, 3.8) is 0 Å². The molecule has 0 N–H and O–H groups in total. The summed E-state index contributed by atoms with van der Waals surface area (Å²) in [6.45, 7) is 1.88. The highest BCUT2D eigenvalue weighted by molar-refractivity contribution is 5.64. The zero-order chi connectivity index (χ0) is 13.2. The molecule has 0 bridgehead atoms. The summed E-state index contributed by atoms with van der Waals surface area (Å²) in [6, 6.07) is 17.7. The van der Waals surface area contributed by atoms with E-state index in [1.807, 2.05) is 55.5 Å². The summed E-state index contributed by atoms with van der Waals surface area (Å²) in [6.07, 6.45) is -0.340. The third kappa shape index (κ3) is 2.37. The summed E-state index contributed by atoms with van der Waals surface area (Å²) in [5.41, 5.74) is 3.90. The Morgan fingerprint density at radius 2 is 1.42 bits per heavy atom. The summed E-state index contributed by atoms with van der Waals surface area (Å²) in [5, 5.41) is 8.77. The van der Waals surface area contributed by atoms with Crippen molar-refractivity contribution in [3.8, 4) is 17.2 Å². The molecule has 3 heteroatoms. The van der Waals surface area contributed by atoms with Crippen LogP contribution in [-0.2, 0) is 9.47 Å². The highest BCUT2D eigenvalue weighted by Gasteiger charge is 2.28. The summed E-state index contributed by atoms with van der Waals surface area (Å²) in [5.74, 6) is 0. The van der Waals surface area contributed by atoms with Gasteiger partial charge in [-0.2, -0.15) is 5.26 Å². The van der Waals surface area contributed by atoms with Crippen LogP contribution >= 0.6 is 0 Å². The molecule has 19 heavy (non-hydrogen) atoms. The zero-order valence-corrected chi connectivity index (χ0v) is 10.5. The van der Waals surface area contributed by atoms with Crippen LogP contribution in [0.3, 0.4) is 0 Å². The lowest BCUT2D eigenvalue weighted by Crippen LogP contribution is -2.31.